The van der Waals surface area contributed by atoms with E-state index in [9.17, 15) is 24.3 Å². The second-order valence-corrected chi connectivity index (χ2v) is 5.30. The molecule has 0 amide bonds. The fourth-order valence-corrected chi connectivity index (χ4v) is 2.05. The Labute approximate surface area is 157 Å². The number of hydrogen-bond acceptors (Lipinski definition) is 6. The monoisotopic (exact) mass is 392 g/mol. The summed E-state index contributed by atoms with van der Waals surface area (Å²) in [6.45, 7) is -0.677. The van der Waals surface area contributed by atoms with Gasteiger partial charge < -0.3 is 30.6 Å². The molecule has 28 heavy (non-hydrogen) atoms. The van der Waals surface area contributed by atoms with Gasteiger partial charge in [-0.05, 0) is 42.0 Å². The lowest BCUT2D eigenvalue weighted by Crippen LogP contribution is -2.12. The van der Waals surface area contributed by atoms with Crippen LogP contribution in [0.4, 0.5) is 0 Å². The lowest BCUT2D eigenvalue weighted by Gasteiger charge is -2.11. The van der Waals surface area contributed by atoms with Gasteiger partial charge in [0, 0.05) is 0 Å². The SMILES string of the molecule is O=C(O)c1ccc(C(=O)O)c(C(O)CO)c1.O=C(O)c1cccc(C(=O)O)c1. The van der Waals surface area contributed by atoms with Crippen LogP contribution in [0.3, 0.4) is 0 Å². The maximum Gasteiger partial charge on any atom is 0.336 e. The number of rotatable bonds is 6. The average Bonchev–Trinajstić information content (AvgIpc) is 2.67. The largest absolute Gasteiger partial charge is 0.478 e. The van der Waals surface area contributed by atoms with Crippen LogP contribution in [0.1, 0.15) is 53.1 Å². The molecule has 0 aliphatic carbocycles. The molecule has 0 fully saturated rings. The van der Waals surface area contributed by atoms with E-state index in [2.05, 4.69) is 0 Å². The van der Waals surface area contributed by atoms with Gasteiger partial charge in [0.2, 0.25) is 0 Å². The zero-order chi connectivity index (χ0) is 21.4. The predicted octanol–water partition coefficient (Wildman–Crippen LogP) is 1.19. The van der Waals surface area contributed by atoms with Crippen molar-refractivity contribution < 1.29 is 49.8 Å². The van der Waals surface area contributed by atoms with Crippen LogP contribution in [0, 0.1) is 0 Å². The maximum absolute atomic E-state index is 10.8. The molecule has 1 atom stereocenters. The van der Waals surface area contributed by atoms with Crippen LogP contribution in [0.2, 0.25) is 0 Å². The van der Waals surface area contributed by atoms with Gasteiger partial charge >= 0.3 is 23.9 Å². The molecule has 10 nitrogen and oxygen atoms in total. The molecule has 0 bridgehead atoms. The van der Waals surface area contributed by atoms with E-state index in [1.54, 1.807) is 0 Å². The fraction of sp³-hybridized carbons (Fsp3) is 0.111. The van der Waals surface area contributed by atoms with Crippen molar-refractivity contribution in [1.82, 2.24) is 0 Å². The first-order valence-corrected chi connectivity index (χ1v) is 7.54. The number of carboxylic acid groups (broad SMARTS) is 4. The van der Waals surface area contributed by atoms with E-state index in [0.29, 0.717) is 0 Å². The Bertz CT molecular complexity index is 874. The zero-order valence-corrected chi connectivity index (χ0v) is 14.1. The average molecular weight is 392 g/mol. The minimum absolute atomic E-state index is 0.0186. The van der Waals surface area contributed by atoms with Crippen molar-refractivity contribution in [2.24, 2.45) is 0 Å². The minimum atomic E-state index is -1.41. The molecular formula is C18H16O10. The molecule has 0 aromatic heterocycles. The van der Waals surface area contributed by atoms with E-state index in [1.807, 2.05) is 0 Å². The summed E-state index contributed by atoms with van der Waals surface area (Å²) in [6.07, 6.45) is -1.41. The molecule has 0 heterocycles. The van der Waals surface area contributed by atoms with Crippen LogP contribution < -0.4 is 0 Å². The molecule has 0 saturated carbocycles. The van der Waals surface area contributed by atoms with Gasteiger partial charge in [0.25, 0.3) is 0 Å². The number of aliphatic hydroxyl groups excluding tert-OH is 2. The van der Waals surface area contributed by atoms with Crippen LogP contribution in [0.15, 0.2) is 42.5 Å². The first kappa shape index (κ1) is 22.3. The third kappa shape index (κ3) is 5.90. The number of carboxylic acids is 4. The van der Waals surface area contributed by atoms with Gasteiger partial charge in [-0.2, -0.15) is 0 Å². The zero-order valence-electron chi connectivity index (χ0n) is 14.1. The Kier molecular flexibility index (Phi) is 7.80. The highest BCUT2D eigenvalue weighted by Gasteiger charge is 2.18. The summed E-state index contributed by atoms with van der Waals surface area (Å²) >= 11 is 0. The number of aliphatic hydroxyl groups is 2. The van der Waals surface area contributed by atoms with Gasteiger partial charge in [0.15, 0.2) is 0 Å². The first-order chi connectivity index (χ1) is 13.1. The normalized spacial score (nSPS) is 10.9. The van der Waals surface area contributed by atoms with Crippen molar-refractivity contribution in [3.05, 3.63) is 70.3 Å². The summed E-state index contributed by atoms with van der Waals surface area (Å²) in [5, 5.41) is 52.6. The molecule has 0 radical (unpaired) electrons. The van der Waals surface area contributed by atoms with E-state index < -0.39 is 36.6 Å². The second-order valence-electron chi connectivity index (χ2n) is 5.30. The predicted molar refractivity (Wildman–Crippen MR) is 92.8 cm³/mol. The summed E-state index contributed by atoms with van der Waals surface area (Å²) in [5.41, 5.74) is -0.529. The molecule has 0 saturated heterocycles. The molecule has 2 aromatic carbocycles. The number of aromatic carboxylic acids is 4. The van der Waals surface area contributed by atoms with Crippen molar-refractivity contribution in [3.8, 4) is 0 Å². The van der Waals surface area contributed by atoms with Crippen LogP contribution >= 0.6 is 0 Å². The van der Waals surface area contributed by atoms with Crippen molar-refractivity contribution in [1.29, 1.82) is 0 Å². The van der Waals surface area contributed by atoms with E-state index in [0.717, 1.165) is 24.3 Å². The van der Waals surface area contributed by atoms with Crippen molar-refractivity contribution in [2.45, 2.75) is 6.10 Å². The smallest absolute Gasteiger partial charge is 0.336 e. The molecule has 0 aliphatic heterocycles. The lowest BCUT2D eigenvalue weighted by molar-refractivity contribution is 0.0661. The standard InChI is InChI=1S/C10H10O6.C8H6O4/c11-4-8(12)7-3-5(9(13)14)1-2-6(7)10(15)16;9-7(10)5-2-1-3-6(4-5)8(11)12/h1-3,8,11-12H,4H2,(H,13,14)(H,15,16);1-4H,(H,9,10)(H,11,12). The van der Waals surface area contributed by atoms with Gasteiger partial charge in [-0.1, -0.05) is 6.07 Å². The summed E-state index contributed by atoms with van der Waals surface area (Å²) < 4.78 is 0. The lowest BCUT2D eigenvalue weighted by atomic mass is 9.99. The van der Waals surface area contributed by atoms with E-state index in [-0.39, 0.29) is 27.8 Å². The van der Waals surface area contributed by atoms with Crippen LogP contribution in [0.25, 0.3) is 0 Å². The van der Waals surface area contributed by atoms with E-state index in [4.69, 9.17) is 25.5 Å². The van der Waals surface area contributed by atoms with Crippen molar-refractivity contribution in [2.75, 3.05) is 6.61 Å². The molecule has 1 unspecified atom stereocenters. The van der Waals surface area contributed by atoms with Gasteiger partial charge in [-0.3, -0.25) is 0 Å². The molecule has 10 heteroatoms. The third-order valence-corrected chi connectivity index (χ3v) is 3.42. The Hall–Kier alpha value is -3.76. The van der Waals surface area contributed by atoms with Crippen LogP contribution in [0.5, 0.6) is 0 Å². The minimum Gasteiger partial charge on any atom is -0.478 e. The molecule has 2 rings (SSSR count). The molecule has 2 aromatic rings. The highest BCUT2D eigenvalue weighted by molar-refractivity contribution is 5.94. The Balaban J connectivity index is 0.000000292. The molecule has 148 valence electrons. The summed E-state index contributed by atoms with van der Waals surface area (Å²) in [4.78, 5) is 42.2. The highest BCUT2D eigenvalue weighted by Crippen LogP contribution is 2.20. The van der Waals surface area contributed by atoms with Crippen LogP contribution in [-0.2, 0) is 0 Å². The second kappa shape index (κ2) is 9.80. The van der Waals surface area contributed by atoms with E-state index in [1.165, 1.54) is 18.2 Å². The number of benzene rings is 2. The van der Waals surface area contributed by atoms with Crippen LogP contribution in [-0.4, -0.2) is 61.1 Å². The van der Waals surface area contributed by atoms with E-state index >= 15 is 0 Å². The summed E-state index contributed by atoms with van der Waals surface area (Å²) in [6, 6.07) is 8.44. The Morgan fingerprint density at radius 2 is 1.18 bits per heavy atom. The summed E-state index contributed by atoms with van der Waals surface area (Å²) in [5.74, 6) is -4.78. The Morgan fingerprint density at radius 1 is 0.714 bits per heavy atom. The molecule has 0 aliphatic rings. The molecule has 6 N–H and O–H groups in total. The van der Waals surface area contributed by atoms with Gasteiger partial charge in [0.05, 0.1) is 28.9 Å². The maximum atomic E-state index is 10.8. The fourth-order valence-electron chi connectivity index (χ4n) is 2.05. The topological polar surface area (TPSA) is 190 Å². The van der Waals surface area contributed by atoms with Gasteiger partial charge in [-0.15, -0.1) is 0 Å². The molecular weight excluding hydrogens is 376 g/mol. The first-order valence-electron chi connectivity index (χ1n) is 7.54. The van der Waals surface area contributed by atoms with Crippen molar-refractivity contribution >= 4 is 23.9 Å². The summed E-state index contributed by atoms with van der Waals surface area (Å²) in [7, 11) is 0. The number of hydrogen-bond donors (Lipinski definition) is 6. The molecule has 0 spiro atoms. The van der Waals surface area contributed by atoms with Gasteiger partial charge in [0.1, 0.15) is 6.10 Å². The highest BCUT2D eigenvalue weighted by atomic mass is 16.4. The third-order valence-electron chi connectivity index (χ3n) is 3.42. The quantitative estimate of drug-likeness (QED) is 0.416. The number of carbonyl (C=O) groups is 4. The Morgan fingerprint density at radius 3 is 1.57 bits per heavy atom. The van der Waals surface area contributed by atoms with Crippen molar-refractivity contribution in [3.63, 3.8) is 0 Å². The van der Waals surface area contributed by atoms with Gasteiger partial charge in [-0.25, -0.2) is 19.2 Å².